The average molecular weight is 365 g/mol. The van der Waals surface area contributed by atoms with Gasteiger partial charge in [0.2, 0.25) is 5.82 Å². The third-order valence-electron chi connectivity index (χ3n) is 4.80. The van der Waals surface area contributed by atoms with Crippen LogP contribution in [0.5, 0.6) is 0 Å². The van der Waals surface area contributed by atoms with Gasteiger partial charge in [-0.3, -0.25) is 4.79 Å². The first kappa shape index (κ1) is 14.1. The van der Waals surface area contributed by atoms with E-state index in [0.29, 0.717) is 11.2 Å². The highest BCUT2D eigenvalue weighted by Gasteiger charge is 2.38. The Bertz CT molecular complexity index is 713. The van der Waals surface area contributed by atoms with Crippen LogP contribution in [0.25, 0.3) is 5.78 Å². The predicted molar refractivity (Wildman–Crippen MR) is 83.5 cm³/mol. The second-order valence-electron chi connectivity index (χ2n) is 6.17. The maximum Gasteiger partial charge on any atom is 0.293 e. The van der Waals surface area contributed by atoms with Crippen molar-refractivity contribution in [3.8, 4) is 0 Å². The number of nitrogens with zero attached hydrogens (tertiary/aromatic N) is 5. The number of carbonyl (C=O) groups is 1. The molecule has 0 unspecified atom stereocenters. The van der Waals surface area contributed by atoms with Crippen LogP contribution in [0.2, 0.25) is 0 Å². The topological polar surface area (TPSA) is 75.4 Å². The van der Waals surface area contributed by atoms with Gasteiger partial charge in [0.15, 0.2) is 0 Å². The van der Waals surface area contributed by atoms with Crippen molar-refractivity contribution in [3.05, 3.63) is 22.7 Å². The van der Waals surface area contributed by atoms with Gasteiger partial charge in [-0.2, -0.15) is 4.98 Å². The quantitative estimate of drug-likeness (QED) is 0.819. The summed E-state index contributed by atoms with van der Waals surface area (Å²) in [7, 11) is 0. The number of rotatable bonds is 1. The summed E-state index contributed by atoms with van der Waals surface area (Å²) >= 11 is 3.34. The number of fused-ring (bicyclic) bond motifs is 1. The lowest BCUT2D eigenvalue weighted by atomic mass is 9.78. The number of hydrogen-bond donors (Lipinski definition) is 1. The van der Waals surface area contributed by atoms with Crippen molar-refractivity contribution in [3.63, 3.8) is 0 Å². The van der Waals surface area contributed by atoms with Gasteiger partial charge in [0.25, 0.3) is 11.7 Å². The van der Waals surface area contributed by atoms with E-state index in [9.17, 15) is 4.79 Å². The minimum atomic E-state index is -0.0950. The maximum absolute atomic E-state index is 12.6. The largest absolute Gasteiger partial charge is 0.336 e. The van der Waals surface area contributed by atoms with E-state index in [1.54, 1.807) is 12.4 Å². The van der Waals surface area contributed by atoms with E-state index in [1.165, 1.54) is 10.9 Å². The maximum atomic E-state index is 12.6. The first-order valence-electron chi connectivity index (χ1n) is 7.53. The molecule has 116 valence electrons. The summed E-state index contributed by atoms with van der Waals surface area (Å²) in [5.74, 6) is 0.577. The average Bonchev–Trinajstić information content (AvgIpc) is 3.14. The number of piperidine rings is 1. The smallest absolute Gasteiger partial charge is 0.293 e. The molecule has 2 aromatic heterocycles. The van der Waals surface area contributed by atoms with Crippen molar-refractivity contribution < 1.29 is 4.79 Å². The molecule has 2 saturated heterocycles. The van der Waals surface area contributed by atoms with Crippen LogP contribution < -0.4 is 5.32 Å². The first-order valence-corrected chi connectivity index (χ1v) is 8.33. The third-order valence-corrected chi connectivity index (χ3v) is 5.21. The lowest BCUT2D eigenvalue weighted by molar-refractivity contribution is 0.0596. The highest BCUT2D eigenvalue weighted by atomic mass is 79.9. The summed E-state index contributed by atoms with van der Waals surface area (Å²) in [5.41, 5.74) is 0.398. The molecule has 4 heterocycles. The van der Waals surface area contributed by atoms with E-state index in [4.69, 9.17) is 0 Å². The molecule has 0 saturated carbocycles. The Morgan fingerprint density at radius 3 is 2.86 bits per heavy atom. The van der Waals surface area contributed by atoms with E-state index in [0.717, 1.165) is 43.5 Å². The second kappa shape index (κ2) is 5.27. The molecule has 2 fully saturated rings. The van der Waals surface area contributed by atoms with Gasteiger partial charge < -0.3 is 10.2 Å². The minimum absolute atomic E-state index is 0.0950. The molecular weight excluding hydrogens is 348 g/mol. The summed E-state index contributed by atoms with van der Waals surface area (Å²) in [5, 5.41) is 7.68. The van der Waals surface area contributed by atoms with Crippen LogP contribution in [0.1, 0.15) is 29.9 Å². The SMILES string of the molecule is O=C(c1nc2ncc(Br)cn2n1)N1CCC2(CCNC2)CC1. The zero-order valence-electron chi connectivity index (χ0n) is 12.1. The lowest BCUT2D eigenvalue weighted by Crippen LogP contribution is -2.44. The Morgan fingerprint density at radius 1 is 1.32 bits per heavy atom. The van der Waals surface area contributed by atoms with Gasteiger partial charge >= 0.3 is 0 Å². The van der Waals surface area contributed by atoms with Crippen LogP contribution >= 0.6 is 15.9 Å². The zero-order chi connectivity index (χ0) is 15.2. The third kappa shape index (κ3) is 2.40. The summed E-state index contributed by atoms with van der Waals surface area (Å²) < 4.78 is 2.33. The zero-order valence-corrected chi connectivity index (χ0v) is 13.7. The molecule has 2 aliphatic heterocycles. The summed E-state index contributed by atoms with van der Waals surface area (Å²) in [4.78, 5) is 22.8. The highest BCUT2D eigenvalue weighted by Crippen LogP contribution is 2.37. The molecule has 0 aromatic carbocycles. The molecule has 0 atom stereocenters. The number of carbonyl (C=O) groups excluding carboxylic acids is 1. The number of hydrogen-bond acceptors (Lipinski definition) is 5. The fraction of sp³-hybridized carbons (Fsp3) is 0.571. The van der Waals surface area contributed by atoms with Gasteiger partial charge in [0.1, 0.15) is 0 Å². The fourth-order valence-corrected chi connectivity index (χ4v) is 3.69. The molecule has 7 nitrogen and oxygen atoms in total. The van der Waals surface area contributed by atoms with Crippen LogP contribution in [0.3, 0.4) is 0 Å². The number of amides is 1. The molecule has 22 heavy (non-hydrogen) atoms. The molecule has 4 rings (SSSR count). The van der Waals surface area contributed by atoms with Crippen molar-refractivity contribution in [1.82, 2.24) is 29.8 Å². The second-order valence-corrected chi connectivity index (χ2v) is 7.09. The highest BCUT2D eigenvalue weighted by molar-refractivity contribution is 9.10. The Balaban J connectivity index is 1.51. The fourth-order valence-electron chi connectivity index (χ4n) is 3.40. The van der Waals surface area contributed by atoms with Crippen LogP contribution in [-0.2, 0) is 0 Å². The van der Waals surface area contributed by atoms with E-state index < -0.39 is 0 Å². The number of halogens is 1. The summed E-state index contributed by atoms with van der Waals surface area (Å²) in [6.45, 7) is 3.75. The number of aromatic nitrogens is 4. The Morgan fingerprint density at radius 2 is 2.14 bits per heavy atom. The molecule has 1 spiro atoms. The van der Waals surface area contributed by atoms with Gasteiger partial charge in [0.05, 0.1) is 4.47 Å². The summed E-state index contributed by atoms with van der Waals surface area (Å²) in [6, 6.07) is 0. The molecular formula is C14H17BrN6O. The van der Waals surface area contributed by atoms with Gasteiger partial charge in [-0.1, -0.05) is 0 Å². The van der Waals surface area contributed by atoms with E-state index in [-0.39, 0.29) is 11.7 Å². The standard InChI is InChI=1S/C14H17BrN6O/c15-10-7-17-13-18-11(19-21(13)8-10)12(22)20-5-2-14(3-6-20)1-4-16-9-14/h7-8,16H,1-6,9H2. The van der Waals surface area contributed by atoms with E-state index in [1.807, 2.05) is 4.90 Å². The predicted octanol–water partition coefficient (Wildman–Crippen LogP) is 1.10. The van der Waals surface area contributed by atoms with Crippen molar-refractivity contribution in [2.24, 2.45) is 5.41 Å². The molecule has 1 N–H and O–H groups in total. The Labute approximate surface area is 136 Å². The molecule has 8 heteroatoms. The van der Waals surface area contributed by atoms with Crippen molar-refractivity contribution in [1.29, 1.82) is 0 Å². The van der Waals surface area contributed by atoms with Crippen LogP contribution in [-0.4, -0.2) is 56.6 Å². The normalized spacial score (nSPS) is 20.9. The number of nitrogens with one attached hydrogen (secondary N) is 1. The Kier molecular flexibility index (Phi) is 3.37. The van der Waals surface area contributed by atoms with E-state index in [2.05, 4.69) is 36.3 Å². The molecule has 0 aliphatic carbocycles. The molecule has 0 radical (unpaired) electrons. The van der Waals surface area contributed by atoms with Crippen molar-refractivity contribution >= 4 is 27.6 Å². The lowest BCUT2D eigenvalue weighted by Gasteiger charge is -2.38. The monoisotopic (exact) mass is 364 g/mol. The van der Waals surface area contributed by atoms with E-state index >= 15 is 0 Å². The number of likely N-dealkylation sites (tertiary alicyclic amines) is 1. The van der Waals surface area contributed by atoms with Crippen LogP contribution in [0.15, 0.2) is 16.9 Å². The van der Waals surface area contributed by atoms with Crippen LogP contribution in [0, 0.1) is 5.41 Å². The Hall–Kier alpha value is -1.54. The molecule has 0 bridgehead atoms. The van der Waals surface area contributed by atoms with Gasteiger partial charge in [-0.05, 0) is 47.2 Å². The van der Waals surface area contributed by atoms with Crippen molar-refractivity contribution in [2.75, 3.05) is 26.2 Å². The van der Waals surface area contributed by atoms with Gasteiger partial charge in [-0.25, -0.2) is 9.50 Å². The van der Waals surface area contributed by atoms with Gasteiger partial charge in [0, 0.05) is 32.0 Å². The van der Waals surface area contributed by atoms with Gasteiger partial charge in [-0.15, -0.1) is 5.10 Å². The van der Waals surface area contributed by atoms with Crippen LogP contribution in [0.4, 0.5) is 0 Å². The molecule has 2 aliphatic rings. The summed E-state index contributed by atoms with van der Waals surface area (Å²) in [6.07, 6.45) is 6.74. The first-order chi connectivity index (χ1) is 10.7. The molecule has 2 aromatic rings. The van der Waals surface area contributed by atoms with Crippen molar-refractivity contribution in [2.45, 2.75) is 19.3 Å². The molecule has 1 amide bonds. The minimum Gasteiger partial charge on any atom is -0.336 e.